The summed E-state index contributed by atoms with van der Waals surface area (Å²) in [6.07, 6.45) is 1.66. The highest BCUT2D eigenvalue weighted by Gasteiger charge is 2.33. The first-order chi connectivity index (χ1) is 14.4. The maximum absolute atomic E-state index is 14.5. The fraction of sp³-hybridized carbons (Fsp3) is 0.0833. The van der Waals surface area contributed by atoms with Crippen molar-refractivity contribution < 1.29 is 13.6 Å². The Hall–Kier alpha value is -3.80. The number of hydrogen-bond acceptors (Lipinski definition) is 3. The number of hydrogen-bond donors (Lipinski definition) is 0. The zero-order valence-electron chi connectivity index (χ0n) is 16.5. The highest BCUT2D eigenvalue weighted by atomic mass is 19.1. The SMILES string of the molecule is CN(C)c1ccc(C=C2N=C(c3ccccc3F)N(c3ccc(F)cc3)C2=O)cc1. The predicted molar refractivity (Wildman–Crippen MR) is 116 cm³/mol. The second kappa shape index (κ2) is 7.91. The summed E-state index contributed by atoms with van der Waals surface area (Å²) in [5.74, 6) is -1.16. The Kier molecular flexibility index (Phi) is 5.14. The van der Waals surface area contributed by atoms with Crippen LogP contribution in [-0.2, 0) is 4.79 Å². The molecule has 0 unspecified atom stereocenters. The third kappa shape index (κ3) is 3.72. The third-order valence-corrected chi connectivity index (χ3v) is 4.77. The van der Waals surface area contributed by atoms with Crippen LogP contribution in [0, 0.1) is 11.6 Å². The van der Waals surface area contributed by atoms with E-state index in [4.69, 9.17) is 0 Å². The van der Waals surface area contributed by atoms with Crippen molar-refractivity contribution >= 4 is 29.2 Å². The van der Waals surface area contributed by atoms with Crippen molar-refractivity contribution in [3.8, 4) is 0 Å². The van der Waals surface area contributed by atoms with E-state index in [1.165, 1.54) is 35.2 Å². The summed E-state index contributed by atoms with van der Waals surface area (Å²) < 4.78 is 27.9. The summed E-state index contributed by atoms with van der Waals surface area (Å²) in [6, 6.07) is 19.2. The summed E-state index contributed by atoms with van der Waals surface area (Å²) in [4.78, 5) is 20.9. The standard InChI is InChI=1S/C24H19F2N3O/c1-28(2)18-11-7-16(8-12-18)15-22-24(30)29(19-13-9-17(25)10-14-19)23(27-22)20-5-3-4-6-21(20)26/h3-15H,1-2H3. The number of rotatable bonds is 4. The lowest BCUT2D eigenvalue weighted by Gasteiger charge is -2.18. The van der Waals surface area contributed by atoms with Crippen LogP contribution in [0.25, 0.3) is 6.08 Å². The zero-order valence-corrected chi connectivity index (χ0v) is 16.5. The minimum Gasteiger partial charge on any atom is -0.378 e. The second-order valence-electron chi connectivity index (χ2n) is 7.05. The number of benzene rings is 3. The van der Waals surface area contributed by atoms with Gasteiger partial charge >= 0.3 is 0 Å². The van der Waals surface area contributed by atoms with Gasteiger partial charge in [0.2, 0.25) is 0 Å². The monoisotopic (exact) mass is 403 g/mol. The lowest BCUT2D eigenvalue weighted by atomic mass is 10.1. The van der Waals surface area contributed by atoms with Gasteiger partial charge in [-0.15, -0.1) is 0 Å². The Morgan fingerprint density at radius 2 is 1.57 bits per heavy atom. The van der Waals surface area contributed by atoms with E-state index in [0.29, 0.717) is 5.69 Å². The van der Waals surface area contributed by atoms with Gasteiger partial charge in [-0.25, -0.2) is 13.8 Å². The van der Waals surface area contributed by atoms with E-state index in [0.717, 1.165) is 11.3 Å². The lowest BCUT2D eigenvalue weighted by molar-refractivity contribution is -0.113. The van der Waals surface area contributed by atoms with Crippen LogP contribution in [0.1, 0.15) is 11.1 Å². The zero-order chi connectivity index (χ0) is 21.3. The average Bonchev–Trinajstić information content (AvgIpc) is 3.05. The molecule has 0 aromatic heterocycles. The van der Waals surface area contributed by atoms with Crippen molar-refractivity contribution in [2.75, 3.05) is 23.9 Å². The van der Waals surface area contributed by atoms with Crippen LogP contribution < -0.4 is 9.80 Å². The van der Waals surface area contributed by atoms with Gasteiger partial charge in [0.25, 0.3) is 5.91 Å². The quantitative estimate of drug-likeness (QED) is 0.583. The molecule has 0 fully saturated rings. The van der Waals surface area contributed by atoms with Crippen LogP contribution in [-0.4, -0.2) is 25.8 Å². The van der Waals surface area contributed by atoms with E-state index >= 15 is 0 Å². The first-order valence-electron chi connectivity index (χ1n) is 9.37. The van der Waals surface area contributed by atoms with Crippen molar-refractivity contribution in [1.82, 2.24) is 0 Å². The molecule has 4 rings (SSSR count). The molecule has 6 heteroatoms. The van der Waals surface area contributed by atoms with E-state index in [1.54, 1.807) is 24.3 Å². The van der Waals surface area contributed by atoms with Crippen molar-refractivity contribution in [1.29, 1.82) is 0 Å². The van der Waals surface area contributed by atoms with Gasteiger partial charge in [-0.2, -0.15) is 0 Å². The number of nitrogens with zero attached hydrogens (tertiary/aromatic N) is 3. The first-order valence-corrected chi connectivity index (χ1v) is 9.37. The Bertz CT molecular complexity index is 1150. The predicted octanol–water partition coefficient (Wildman–Crippen LogP) is 4.87. The molecule has 1 aliphatic heterocycles. The minimum absolute atomic E-state index is 0.167. The molecular formula is C24H19F2N3O. The smallest absolute Gasteiger partial charge is 0.282 e. The molecule has 1 heterocycles. The Balaban J connectivity index is 1.79. The molecule has 3 aromatic carbocycles. The number of carbonyl (C=O) groups excluding carboxylic acids is 1. The number of aliphatic imine (C=N–C) groups is 1. The summed E-state index contributed by atoms with van der Waals surface area (Å²) in [5.41, 5.74) is 2.60. The van der Waals surface area contributed by atoms with E-state index in [-0.39, 0.29) is 17.1 Å². The number of anilines is 2. The van der Waals surface area contributed by atoms with Crippen LogP contribution in [0.2, 0.25) is 0 Å². The molecule has 1 amide bonds. The topological polar surface area (TPSA) is 35.9 Å². The van der Waals surface area contributed by atoms with Gasteiger partial charge in [0, 0.05) is 19.8 Å². The normalized spacial score (nSPS) is 14.9. The molecule has 150 valence electrons. The molecule has 0 atom stereocenters. The van der Waals surface area contributed by atoms with Crippen LogP contribution in [0.15, 0.2) is 83.5 Å². The maximum atomic E-state index is 14.5. The number of halogens is 2. The van der Waals surface area contributed by atoms with Crippen molar-refractivity contribution in [2.24, 2.45) is 4.99 Å². The van der Waals surface area contributed by atoms with Crippen LogP contribution in [0.3, 0.4) is 0 Å². The van der Waals surface area contributed by atoms with E-state index in [9.17, 15) is 13.6 Å². The molecular weight excluding hydrogens is 384 g/mol. The molecule has 0 radical (unpaired) electrons. The lowest BCUT2D eigenvalue weighted by Crippen LogP contribution is -2.33. The molecule has 0 saturated carbocycles. The highest BCUT2D eigenvalue weighted by Crippen LogP contribution is 2.29. The molecule has 0 aliphatic carbocycles. The molecule has 30 heavy (non-hydrogen) atoms. The van der Waals surface area contributed by atoms with E-state index in [1.807, 2.05) is 43.3 Å². The maximum Gasteiger partial charge on any atom is 0.282 e. The van der Waals surface area contributed by atoms with Crippen molar-refractivity contribution in [2.45, 2.75) is 0 Å². The largest absolute Gasteiger partial charge is 0.378 e. The van der Waals surface area contributed by atoms with Crippen molar-refractivity contribution in [3.63, 3.8) is 0 Å². The molecule has 0 bridgehead atoms. The van der Waals surface area contributed by atoms with Gasteiger partial charge in [-0.1, -0.05) is 24.3 Å². The minimum atomic E-state index is -0.493. The Morgan fingerprint density at radius 3 is 2.20 bits per heavy atom. The molecule has 0 saturated heterocycles. The van der Waals surface area contributed by atoms with E-state index in [2.05, 4.69) is 4.99 Å². The van der Waals surface area contributed by atoms with Gasteiger partial charge in [0.15, 0.2) is 5.84 Å². The molecule has 0 spiro atoms. The van der Waals surface area contributed by atoms with Gasteiger partial charge in [0.05, 0.1) is 11.3 Å². The number of amides is 1. The summed E-state index contributed by atoms with van der Waals surface area (Å²) in [6.45, 7) is 0. The summed E-state index contributed by atoms with van der Waals surface area (Å²) >= 11 is 0. The Morgan fingerprint density at radius 1 is 0.900 bits per heavy atom. The van der Waals surface area contributed by atoms with Gasteiger partial charge in [-0.3, -0.25) is 9.69 Å². The molecule has 4 nitrogen and oxygen atoms in total. The molecule has 3 aromatic rings. The van der Waals surface area contributed by atoms with Gasteiger partial charge in [-0.05, 0) is 60.2 Å². The molecule has 1 aliphatic rings. The second-order valence-corrected chi connectivity index (χ2v) is 7.05. The number of carbonyl (C=O) groups is 1. The fourth-order valence-electron chi connectivity index (χ4n) is 3.20. The fourth-order valence-corrected chi connectivity index (χ4v) is 3.20. The summed E-state index contributed by atoms with van der Waals surface area (Å²) in [5, 5.41) is 0. The highest BCUT2D eigenvalue weighted by molar-refractivity contribution is 6.33. The summed E-state index contributed by atoms with van der Waals surface area (Å²) in [7, 11) is 3.89. The first kappa shape index (κ1) is 19.5. The van der Waals surface area contributed by atoms with Gasteiger partial charge in [0.1, 0.15) is 17.3 Å². The van der Waals surface area contributed by atoms with Crippen LogP contribution in [0.4, 0.5) is 20.2 Å². The van der Waals surface area contributed by atoms with Crippen LogP contribution in [0.5, 0.6) is 0 Å². The van der Waals surface area contributed by atoms with Crippen molar-refractivity contribution in [3.05, 3.63) is 101 Å². The average molecular weight is 403 g/mol. The van der Waals surface area contributed by atoms with Gasteiger partial charge < -0.3 is 4.90 Å². The molecule has 0 N–H and O–H groups in total. The number of amidine groups is 1. The Labute approximate surface area is 173 Å². The van der Waals surface area contributed by atoms with Crippen LogP contribution >= 0.6 is 0 Å². The third-order valence-electron chi connectivity index (χ3n) is 4.77. The van der Waals surface area contributed by atoms with E-state index < -0.39 is 17.5 Å².